The Morgan fingerprint density at radius 2 is 1.69 bits per heavy atom. The van der Waals surface area contributed by atoms with Crippen molar-refractivity contribution in [1.82, 2.24) is 4.98 Å². The Morgan fingerprint density at radius 3 is 2.31 bits per heavy atom. The van der Waals surface area contributed by atoms with E-state index < -0.39 is 0 Å². The van der Waals surface area contributed by atoms with Crippen molar-refractivity contribution in [3.63, 3.8) is 0 Å². The number of rotatable bonds is 1. The van der Waals surface area contributed by atoms with Crippen LogP contribution in [-0.2, 0) is 0 Å². The van der Waals surface area contributed by atoms with Crippen LogP contribution < -0.4 is 5.73 Å². The van der Waals surface area contributed by atoms with Crippen LogP contribution in [0.1, 0.15) is 11.4 Å². The summed E-state index contributed by atoms with van der Waals surface area (Å²) >= 11 is 0. The van der Waals surface area contributed by atoms with E-state index in [1.165, 1.54) is 6.07 Å². The van der Waals surface area contributed by atoms with Gasteiger partial charge in [0.05, 0.1) is 0 Å². The quantitative estimate of drug-likeness (QED) is 0.744. The first-order valence-electron chi connectivity index (χ1n) is 5.07. The Bertz CT molecular complexity index is 515. The van der Waals surface area contributed by atoms with Gasteiger partial charge < -0.3 is 5.73 Å². The van der Waals surface area contributed by atoms with Crippen LogP contribution >= 0.6 is 0 Å². The van der Waals surface area contributed by atoms with Gasteiger partial charge in [-0.2, -0.15) is 0 Å². The van der Waals surface area contributed by atoms with Crippen molar-refractivity contribution in [2.24, 2.45) is 0 Å². The van der Waals surface area contributed by atoms with Crippen molar-refractivity contribution in [2.75, 3.05) is 5.73 Å². The summed E-state index contributed by atoms with van der Waals surface area (Å²) in [5, 5.41) is 0. The number of benzene rings is 1. The molecule has 2 N–H and O–H groups in total. The van der Waals surface area contributed by atoms with Crippen LogP contribution in [0.5, 0.6) is 0 Å². The molecule has 1 aromatic heterocycles. The number of halogens is 1. The van der Waals surface area contributed by atoms with E-state index in [9.17, 15) is 4.39 Å². The third-order valence-electron chi connectivity index (χ3n) is 2.38. The number of nitrogens with zero attached hydrogens (tertiary/aromatic N) is 1. The van der Waals surface area contributed by atoms with E-state index in [4.69, 9.17) is 5.73 Å². The molecule has 2 rings (SSSR count). The molecule has 0 saturated heterocycles. The third-order valence-corrected chi connectivity index (χ3v) is 2.38. The highest BCUT2D eigenvalue weighted by molar-refractivity contribution is 5.68. The zero-order chi connectivity index (χ0) is 11.7. The van der Waals surface area contributed by atoms with E-state index in [-0.39, 0.29) is 5.82 Å². The number of aryl methyl sites for hydroxylation is 2. The molecule has 0 aliphatic rings. The molecule has 0 saturated carbocycles. The van der Waals surface area contributed by atoms with Crippen molar-refractivity contribution in [2.45, 2.75) is 13.8 Å². The van der Waals surface area contributed by atoms with Crippen LogP contribution in [0.2, 0.25) is 0 Å². The van der Waals surface area contributed by atoms with E-state index in [0.717, 1.165) is 17.0 Å². The summed E-state index contributed by atoms with van der Waals surface area (Å²) in [5.41, 5.74) is 9.30. The largest absolute Gasteiger partial charge is 0.399 e. The average Bonchev–Trinajstić information content (AvgIpc) is 2.20. The number of aromatic nitrogens is 1. The second kappa shape index (κ2) is 3.93. The summed E-state index contributed by atoms with van der Waals surface area (Å²) in [7, 11) is 0. The predicted molar refractivity (Wildman–Crippen MR) is 63.5 cm³/mol. The van der Waals surface area contributed by atoms with Crippen molar-refractivity contribution < 1.29 is 4.39 Å². The molecule has 0 radical (unpaired) electrons. The molecule has 0 aliphatic heterocycles. The minimum Gasteiger partial charge on any atom is -0.399 e. The molecule has 0 atom stereocenters. The summed E-state index contributed by atoms with van der Waals surface area (Å²) in [6.07, 6.45) is 0. The lowest BCUT2D eigenvalue weighted by atomic mass is 10.0. The van der Waals surface area contributed by atoms with Crippen LogP contribution in [0.25, 0.3) is 11.1 Å². The highest BCUT2D eigenvalue weighted by atomic mass is 19.1. The van der Waals surface area contributed by atoms with Gasteiger partial charge in [-0.05, 0) is 49.7 Å². The molecule has 0 spiro atoms. The SMILES string of the molecule is Cc1cc(-c2cc(N)ccc2F)cc(C)n1. The molecule has 2 aromatic rings. The molecule has 0 unspecified atom stereocenters. The van der Waals surface area contributed by atoms with E-state index in [2.05, 4.69) is 4.98 Å². The lowest BCUT2D eigenvalue weighted by molar-refractivity contribution is 0.631. The molecule has 82 valence electrons. The maximum Gasteiger partial charge on any atom is 0.131 e. The minimum atomic E-state index is -0.265. The van der Waals surface area contributed by atoms with Gasteiger partial charge in [0.1, 0.15) is 5.82 Å². The smallest absolute Gasteiger partial charge is 0.131 e. The number of nitrogens with two attached hydrogens (primary N) is 1. The fourth-order valence-electron chi connectivity index (χ4n) is 1.75. The minimum absolute atomic E-state index is 0.265. The maximum absolute atomic E-state index is 13.6. The summed E-state index contributed by atoms with van der Waals surface area (Å²) in [5.74, 6) is -0.265. The van der Waals surface area contributed by atoms with Gasteiger partial charge in [0.2, 0.25) is 0 Å². The zero-order valence-electron chi connectivity index (χ0n) is 9.29. The van der Waals surface area contributed by atoms with E-state index in [1.54, 1.807) is 12.1 Å². The molecular weight excluding hydrogens is 203 g/mol. The van der Waals surface area contributed by atoms with Gasteiger partial charge >= 0.3 is 0 Å². The van der Waals surface area contributed by atoms with Crippen LogP contribution in [0, 0.1) is 19.7 Å². The normalized spacial score (nSPS) is 10.4. The van der Waals surface area contributed by atoms with Crippen LogP contribution in [-0.4, -0.2) is 4.98 Å². The average molecular weight is 216 g/mol. The standard InChI is InChI=1S/C13H13FN2/c1-8-5-10(6-9(2)16-8)12-7-11(15)3-4-13(12)14/h3-7H,15H2,1-2H3. The van der Waals surface area contributed by atoms with Crippen molar-refractivity contribution in [3.05, 3.63) is 47.5 Å². The molecule has 2 nitrogen and oxygen atoms in total. The Balaban J connectivity index is 2.62. The second-order valence-corrected chi connectivity index (χ2v) is 3.88. The molecule has 1 heterocycles. The first-order valence-corrected chi connectivity index (χ1v) is 5.07. The Labute approximate surface area is 93.9 Å². The fraction of sp³-hybridized carbons (Fsp3) is 0.154. The molecule has 0 bridgehead atoms. The number of nitrogen functional groups attached to an aromatic ring is 1. The summed E-state index contributed by atoms with van der Waals surface area (Å²) in [4.78, 5) is 4.26. The highest BCUT2D eigenvalue weighted by Gasteiger charge is 2.06. The van der Waals surface area contributed by atoms with Gasteiger partial charge in [0.25, 0.3) is 0 Å². The van der Waals surface area contributed by atoms with E-state index >= 15 is 0 Å². The molecule has 1 aromatic carbocycles. The lowest BCUT2D eigenvalue weighted by Gasteiger charge is -2.06. The van der Waals surface area contributed by atoms with Crippen molar-refractivity contribution in [1.29, 1.82) is 0 Å². The Kier molecular flexibility index (Phi) is 2.60. The van der Waals surface area contributed by atoms with Gasteiger partial charge in [-0.3, -0.25) is 4.98 Å². The first kappa shape index (κ1) is 10.6. The topological polar surface area (TPSA) is 38.9 Å². The van der Waals surface area contributed by atoms with Gasteiger partial charge in [0.15, 0.2) is 0 Å². The van der Waals surface area contributed by atoms with E-state index in [0.29, 0.717) is 11.3 Å². The highest BCUT2D eigenvalue weighted by Crippen LogP contribution is 2.25. The van der Waals surface area contributed by atoms with Crippen molar-refractivity contribution >= 4 is 5.69 Å². The third kappa shape index (κ3) is 2.03. The summed E-state index contributed by atoms with van der Waals surface area (Å²) in [6, 6.07) is 8.29. The van der Waals surface area contributed by atoms with Crippen molar-refractivity contribution in [3.8, 4) is 11.1 Å². The van der Waals surface area contributed by atoms with E-state index in [1.807, 2.05) is 26.0 Å². The van der Waals surface area contributed by atoms with Crippen LogP contribution in [0.3, 0.4) is 0 Å². The molecule has 0 aliphatic carbocycles. The van der Waals surface area contributed by atoms with Gasteiger partial charge in [0, 0.05) is 22.6 Å². The molecular formula is C13H13FN2. The Morgan fingerprint density at radius 1 is 1.06 bits per heavy atom. The molecule has 16 heavy (non-hydrogen) atoms. The van der Waals surface area contributed by atoms with Crippen LogP contribution in [0.15, 0.2) is 30.3 Å². The summed E-state index contributed by atoms with van der Waals surface area (Å²) in [6.45, 7) is 3.78. The fourth-order valence-corrected chi connectivity index (χ4v) is 1.75. The van der Waals surface area contributed by atoms with Crippen LogP contribution in [0.4, 0.5) is 10.1 Å². The first-order chi connectivity index (χ1) is 7.56. The number of hydrogen-bond donors (Lipinski definition) is 1. The maximum atomic E-state index is 13.6. The monoisotopic (exact) mass is 216 g/mol. The zero-order valence-corrected chi connectivity index (χ0v) is 9.29. The number of anilines is 1. The number of pyridine rings is 1. The lowest BCUT2D eigenvalue weighted by Crippen LogP contribution is -1.92. The predicted octanol–water partition coefficient (Wildman–Crippen LogP) is 3.09. The second-order valence-electron chi connectivity index (χ2n) is 3.88. The Hall–Kier alpha value is -1.90. The molecule has 0 amide bonds. The number of hydrogen-bond acceptors (Lipinski definition) is 2. The summed E-state index contributed by atoms with van der Waals surface area (Å²) < 4.78 is 13.6. The van der Waals surface area contributed by atoms with Gasteiger partial charge in [-0.25, -0.2) is 4.39 Å². The molecule has 3 heteroatoms. The van der Waals surface area contributed by atoms with Gasteiger partial charge in [-0.15, -0.1) is 0 Å². The molecule has 0 fully saturated rings. The van der Waals surface area contributed by atoms with Gasteiger partial charge in [-0.1, -0.05) is 0 Å².